The van der Waals surface area contributed by atoms with E-state index in [2.05, 4.69) is 15.2 Å². The topological polar surface area (TPSA) is 74.3 Å². The lowest BCUT2D eigenvalue weighted by Gasteiger charge is -2.41. The van der Waals surface area contributed by atoms with Crippen LogP contribution in [0, 0.1) is 0 Å². The van der Waals surface area contributed by atoms with Gasteiger partial charge in [0.15, 0.2) is 0 Å². The van der Waals surface area contributed by atoms with E-state index in [1.54, 1.807) is 18.2 Å². The van der Waals surface area contributed by atoms with Crippen LogP contribution in [0.15, 0.2) is 42.6 Å². The number of piperidine rings is 1. The lowest BCUT2D eigenvalue weighted by Crippen LogP contribution is -2.53. The van der Waals surface area contributed by atoms with Crippen LogP contribution in [-0.2, 0) is 10.2 Å². The maximum atomic E-state index is 13.1. The van der Waals surface area contributed by atoms with Crippen molar-refractivity contribution in [3.8, 4) is 0 Å². The predicted molar refractivity (Wildman–Crippen MR) is 128 cm³/mol. The molecule has 0 spiro atoms. The molecule has 188 valence electrons. The van der Waals surface area contributed by atoms with Crippen molar-refractivity contribution in [1.82, 2.24) is 15.6 Å². The summed E-state index contributed by atoms with van der Waals surface area (Å²) in [7, 11) is 0. The first kappa shape index (κ1) is 25.3. The number of carbonyl (C=O) groups is 2. The summed E-state index contributed by atoms with van der Waals surface area (Å²) in [6.07, 6.45) is 0.318. The summed E-state index contributed by atoms with van der Waals surface area (Å²) >= 11 is 5.98. The summed E-state index contributed by atoms with van der Waals surface area (Å²) in [5, 5.41) is 5.71. The van der Waals surface area contributed by atoms with Crippen molar-refractivity contribution in [2.75, 3.05) is 11.4 Å². The number of fused-ring (bicyclic) bond motifs is 2. The average Bonchev–Trinajstić information content (AvgIpc) is 3.07. The maximum Gasteiger partial charge on any atom is 0.405 e. The highest BCUT2D eigenvalue weighted by atomic mass is 35.5. The third kappa shape index (κ3) is 5.72. The number of nitrogens with one attached hydrogen (secondary N) is 2. The van der Waals surface area contributed by atoms with E-state index in [1.165, 1.54) is 12.3 Å². The Labute approximate surface area is 207 Å². The molecule has 2 aliphatic heterocycles. The van der Waals surface area contributed by atoms with Gasteiger partial charge in [-0.1, -0.05) is 23.7 Å². The molecule has 2 N–H and O–H groups in total. The van der Waals surface area contributed by atoms with Crippen LogP contribution in [0.5, 0.6) is 0 Å². The van der Waals surface area contributed by atoms with Crippen LogP contribution in [0.1, 0.15) is 55.5 Å². The highest BCUT2D eigenvalue weighted by molar-refractivity contribution is 6.30. The Morgan fingerprint density at radius 1 is 1.06 bits per heavy atom. The Morgan fingerprint density at radius 3 is 2.23 bits per heavy atom. The molecule has 3 heterocycles. The number of alkyl halides is 3. The molecule has 2 aliphatic rings. The van der Waals surface area contributed by atoms with E-state index in [0.717, 1.165) is 31.2 Å². The molecule has 0 saturated carbocycles. The largest absolute Gasteiger partial charge is 0.405 e. The first-order valence-corrected chi connectivity index (χ1v) is 12.0. The highest BCUT2D eigenvalue weighted by Gasteiger charge is 2.43. The summed E-state index contributed by atoms with van der Waals surface area (Å²) < 4.78 is 37.0. The summed E-state index contributed by atoms with van der Waals surface area (Å²) in [6.45, 7) is 2.41. The number of nitrogens with zero attached hydrogens (tertiary/aromatic N) is 2. The number of pyridine rings is 1. The molecular weight excluding hydrogens is 481 g/mol. The van der Waals surface area contributed by atoms with Crippen LogP contribution >= 0.6 is 11.6 Å². The minimum Gasteiger partial charge on any atom is -0.352 e. The maximum absolute atomic E-state index is 13.1. The van der Waals surface area contributed by atoms with Crippen molar-refractivity contribution < 1.29 is 22.8 Å². The minimum absolute atomic E-state index is 0.0370. The summed E-state index contributed by atoms with van der Waals surface area (Å²) in [5.41, 5.74) is 0.269. The molecule has 2 aromatic rings. The Kier molecular flexibility index (Phi) is 6.99. The van der Waals surface area contributed by atoms with Gasteiger partial charge >= 0.3 is 6.18 Å². The standard InChI is InChI=1S/C25H28ClF3N4O2/c1-24(2,16-4-6-17(26)7-5-16)23(35)32-18-11-19-8-9-20(12-18)33(19)21-10-3-15(13-30-21)22(34)31-14-25(27,28)29/h3-7,10,13,18-20H,8-9,11-12,14H2,1-2H3,(H,31,34)(H,32,35)/t18?,19-,20+. The van der Waals surface area contributed by atoms with Crippen molar-refractivity contribution in [3.63, 3.8) is 0 Å². The second kappa shape index (κ2) is 9.68. The van der Waals surface area contributed by atoms with E-state index in [9.17, 15) is 22.8 Å². The van der Waals surface area contributed by atoms with E-state index in [-0.39, 0.29) is 29.6 Å². The van der Waals surface area contributed by atoms with Gasteiger partial charge in [0.1, 0.15) is 12.4 Å². The van der Waals surface area contributed by atoms with Crippen LogP contribution in [0.3, 0.4) is 0 Å². The van der Waals surface area contributed by atoms with Gasteiger partial charge in [0, 0.05) is 29.3 Å². The van der Waals surface area contributed by atoms with E-state index < -0.39 is 24.0 Å². The van der Waals surface area contributed by atoms with Gasteiger partial charge < -0.3 is 15.5 Å². The number of hydrogen-bond acceptors (Lipinski definition) is 4. The van der Waals surface area contributed by atoms with Crippen LogP contribution < -0.4 is 15.5 Å². The fourth-order valence-electron chi connectivity index (χ4n) is 4.99. The monoisotopic (exact) mass is 508 g/mol. The molecule has 2 saturated heterocycles. The highest BCUT2D eigenvalue weighted by Crippen LogP contribution is 2.39. The normalized spacial score (nSPS) is 22.1. The van der Waals surface area contributed by atoms with E-state index in [4.69, 9.17) is 11.6 Å². The zero-order valence-electron chi connectivity index (χ0n) is 19.5. The second-order valence-electron chi connectivity index (χ2n) is 9.77. The first-order chi connectivity index (χ1) is 16.4. The molecule has 10 heteroatoms. The number of amides is 2. The van der Waals surface area contributed by atoms with Gasteiger partial charge in [0.2, 0.25) is 5.91 Å². The van der Waals surface area contributed by atoms with Gasteiger partial charge in [0.25, 0.3) is 5.91 Å². The second-order valence-corrected chi connectivity index (χ2v) is 10.2. The molecule has 1 aromatic heterocycles. The van der Waals surface area contributed by atoms with Gasteiger partial charge in [0.05, 0.1) is 11.0 Å². The summed E-state index contributed by atoms with van der Waals surface area (Å²) in [6, 6.07) is 10.9. The number of carbonyl (C=O) groups excluding carboxylic acids is 2. The van der Waals surface area contributed by atoms with Crippen LogP contribution in [0.2, 0.25) is 5.02 Å². The Balaban J connectivity index is 1.38. The average molecular weight is 509 g/mol. The van der Waals surface area contributed by atoms with E-state index >= 15 is 0 Å². The SMILES string of the molecule is CC(C)(C(=O)NC1C[C@H]2CC[C@@H](C1)N2c1ccc(C(=O)NCC(F)(F)F)cn1)c1ccc(Cl)cc1. The number of rotatable bonds is 6. The molecule has 6 nitrogen and oxygen atoms in total. The van der Waals surface area contributed by atoms with Gasteiger partial charge in [-0.3, -0.25) is 9.59 Å². The molecule has 1 aromatic carbocycles. The molecule has 35 heavy (non-hydrogen) atoms. The molecule has 2 amide bonds. The van der Waals surface area contributed by atoms with Crippen LogP contribution in [-0.4, -0.2) is 47.6 Å². The quantitative estimate of drug-likeness (QED) is 0.597. The third-order valence-electron chi connectivity index (χ3n) is 6.93. The molecule has 4 rings (SSSR count). The number of hydrogen-bond donors (Lipinski definition) is 2. The Hall–Kier alpha value is -2.81. The predicted octanol–water partition coefficient (Wildman–Crippen LogP) is 4.62. The van der Waals surface area contributed by atoms with Crippen molar-refractivity contribution in [2.45, 2.75) is 69.2 Å². The molecule has 3 atom stereocenters. The van der Waals surface area contributed by atoms with Crippen LogP contribution in [0.4, 0.5) is 19.0 Å². The number of anilines is 1. The fourth-order valence-corrected chi connectivity index (χ4v) is 5.11. The fraction of sp³-hybridized carbons (Fsp3) is 0.480. The van der Waals surface area contributed by atoms with E-state index in [0.29, 0.717) is 10.8 Å². The van der Waals surface area contributed by atoms with Crippen molar-refractivity contribution >= 4 is 29.2 Å². The number of halogens is 4. The first-order valence-electron chi connectivity index (χ1n) is 11.6. The van der Waals surface area contributed by atoms with Gasteiger partial charge in [-0.15, -0.1) is 0 Å². The van der Waals surface area contributed by atoms with Crippen molar-refractivity contribution in [2.24, 2.45) is 0 Å². The molecule has 2 bridgehead atoms. The van der Waals surface area contributed by atoms with Crippen LogP contribution in [0.25, 0.3) is 0 Å². The lowest BCUT2D eigenvalue weighted by molar-refractivity contribution is -0.126. The van der Waals surface area contributed by atoms with Gasteiger partial charge in [-0.25, -0.2) is 4.98 Å². The molecular formula is C25H28ClF3N4O2. The summed E-state index contributed by atoms with van der Waals surface area (Å²) in [5.74, 6) is -0.157. The van der Waals surface area contributed by atoms with Crippen molar-refractivity contribution in [1.29, 1.82) is 0 Å². The number of aromatic nitrogens is 1. The molecule has 0 aliphatic carbocycles. The Morgan fingerprint density at radius 2 is 1.69 bits per heavy atom. The zero-order chi connectivity index (χ0) is 25.4. The summed E-state index contributed by atoms with van der Waals surface area (Å²) in [4.78, 5) is 31.7. The number of benzene rings is 1. The minimum atomic E-state index is -4.47. The smallest absolute Gasteiger partial charge is 0.352 e. The Bertz CT molecular complexity index is 1060. The lowest BCUT2D eigenvalue weighted by atomic mass is 9.83. The zero-order valence-corrected chi connectivity index (χ0v) is 20.3. The van der Waals surface area contributed by atoms with Gasteiger partial charge in [-0.05, 0) is 69.4 Å². The third-order valence-corrected chi connectivity index (χ3v) is 7.18. The van der Waals surface area contributed by atoms with Crippen molar-refractivity contribution in [3.05, 3.63) is 58.7 Å². The van der Waals surface area contributed by atoms with Gasteiger partial charge in [-0.2, -0.15) is 13.2 Å². The molecule has 1 unspecified atom stereocenters. The van der Waals surface area contributed by atoms with E-state index in [1.807, 2.05) is 31.3 Å². The molecule has 0 radical (unpaired) electrons. The molecule has 2 fully saturated rings.